The van der Waals surface area contributed by atoms with Crippen molar-refractivity contribution in [2.75, 3.05) is 10.6 Å². The summed E-state index contributed by atoms with van der Waals surface area (Å²) in [6.45, 7) is 0. The van der Waals surface area contributed by atoms with E-state index >= 15 is 0 Å². The highest BCUT2D eigenvalue weighted by atomic mass is 32.1. The van der Waals surface area contributed by atoms with Gasteiger partial charge in [0, 0.05) is 17.3 Å². The zero-order valence-corrected chi connectivity index (χ0v) is 16.4. The Hall–Kier alpha value is -2.97. The molecule has 1 fully saturated rings. The zero-order valence-electron chi connectivity index (χ0n) is 14.7. The SMILES string of the molecule is O=C(Nc1sccc1C(=O)NC1CC1)c1ccc(NC(=O)c2cccs2)cc1. The van der Waals surface area contributed by atoms with E-state index in [1.165, 1.54) is 22.7 Å². The molecule has 0 unspecified atom stereocenters. The minimum Gasteiger partial charge on any atom is -0.349 e. The topological polar surface area (TPSA) is 87.3 Å². The summed E-state index contributed by atoms with van der Waals surface area (Å²) in [6, 6.07) is 12.2. The van der Waals surface area contributed by atoms with Gasteiger partial charge in [0.1, 0.15) is 5.00 Å². The molecule has 0 spiro atoms. The predicted molar refractivity (Wildman–Crippen MR) is 111 cm³/mol. The molecule has 0 bridgehead atoms. The molecule has 3 aromatic rings. The molecule has 1 aromatic carbocycles. The van der Waals surface area contributed by atoms with Gasteiger partial charge in [0.05, 0.1) is 10.4 Å². The van der Waals surface area contributed by atoms with Crippen molar-refractivity contribution in [3.05, 3.63) is 69.2 Å². The molecule has 3 N–H and O–H groups in total. The summed E-state index contributed by atoms with van der Waals surface area (Å²) in [4.78, 5) is 37.5. The Kier molecular flexibility index (Phi) is 5.23. The summed E-state index contributed by atoms with van der Waals surface area (Å²) in [5, 5.41) is 12.7. The molecule has 8 heteroatoms. The second kappa shape index (κ2) is 7.95. The van der Waals surface area contributed by atoms with Crippen molar-refractivity contribution >= 4 is 51.1 Å². The molecular weight excluding hydrogens is 394 g/mol. The molecule has 6 nitrogen and oxygen atoms in total. The van der Waals surface area contributed by atoms with Gasteiger partial charge in [0.15, 0.2) is 0 Å². The van der Waals surface area contributed by atoms with Gasteiger partial charge in [-0.3, -0.25) is 14.4 Å². The predicted octanol–water partition coefficient (Wildman–Crippen LogP) is 4.21. The van der Waals surface area contributed by atoms with E-state index < -0.39 is 0 Å². The van der Waals surface area contributed by atoms with Gasteiger partial charge in [-0.05, 0) is 60.0 Å². The molecule has 28 heavy (non-hydrogen) atoms. The van der Waals surface area contributed by atoms with E-state index in [9.17, 15) is 14.4 Å². The maximum absolute atomic E-state index is 12.5. The Labute approximate surface area is 169 Å². The molecule has 0 radical (unpaired) electrons. The van der Waals surface area contributed by atoms with Crippen LogP contribution in [-0.4, -0.2) is 23.8 Å². The third-order valence-corrected chi connectivity index (χ3v) is 5.90. The fourth-order valence-electron chi connectivity index (χ4n) is 2.56. The number of hydrogen-bond donors (Lipinski definition) is 3. The van der Waals surface area contributed by atoms with Gasteiger partial charge in [-0.15, -0.1) is 22.7 Å². The van der Waals surface area contributed by atoms with E-state index in [0.29, 0.717) is 26.7 Å². The van der Waals surface area contributed by atoms with Crippen LogP contribution in [0, 0.1) is 0 Å². The first-order chi connectivity index (χ1) is 13.6. The van der Waals surface area contributed by atoms with Gasteiger partial charge in [0.25, 0.3) is 17.7 Å². The number of amides is 3. The quantitative estimate of drug-likeness (QED) is 0.568. The third kappa shape index (κ3) is 4.29. The Bertz CT molecular complexity index is 1010. The van der Waals surface area contributed by atoms with Gasteiger partial charge >= 0.3 is 0 Å². The summed E-state index contributed by atoms with van der Waals surface area (Å²) in [6.07, 6.45) is 2.01. The third-order valence-electron chi connectivity index (χ3n) is 4.20. The largest absolute Gasteiger partial charge is 0.349 e. The summed E-state index contributed by atoms with van der Waals surface area (Å²) in [5.41, 5.74) is 1.52. The molecule has 0 saturated heterocycles. The van der Waals surface area contributed by atoms with E-state index in [0.717, 1.165) is 12.8 Å². The second-order valence-electron chi connectivity index (χ2n) is 6.37. The highest BCUT2D eigenvalue weighted by Crippen LogP contribution is 2.26. The molecule has 1 aliphatic carbocycles. The highest BCUT2D eigenvalue weighted by molar-refractivity contribution is 7.14. The Balaban J connectivity index is 1.39. The lowest BCUT2D eigenvalue weighted by Gasteiger charge is -2.08. The molecule has 2 heterocycles. The van der Waals surface area contributed by atoms with Crippen molar-refractivity contribution in [2.24, 2.45) is 0 Å². The average Bonchev–Trinajstić information content (AvgIpc) is 3.15. The van der Waals surface area contributed by atoms with E-state index in [-0.39, 0.29) is 23.8 Å². The summed E-state index contributed by atoms with van der Waals surface area (Å²) in [5.74, 6) is -0.651. The van der Waals surface area contributed by atoms with Gasteiger partial charge in [-0.1, -0.05) is 6.07 Å². The summed E-state index contributed by atoms with van der Waals surface area (Å²) >= 11 is 2.67. The minimum atomic E-state index is -0.306. The van der Waals surface area contributed by atoms with E-state index in [4.69, 9.17) is 0 Å². The van der Waals surface area contributed by atoms with E-state index in [2.05, 4.69) is 16.0 Å². The van der Waals surface area contributed by atoms with E-state index in [1.807, 2.05) is 11.4 Å². The van der Waals surface area contributed by atoms with Gasteiger partial charge in [-0.2, -0.15) is 0 Å². The molecule has 1 saturated carbocycles. The molecule has 0 atom stereocenters. The first kappa shape index (κ1) is 18.4. The fraction of sp³-hybridized carbons (Fsp3) is 0.150. The van der Waals surface area contributed by atoms with Gasteiger partial charge < -0.3 is 16.0 Å². The number of rotatable bonds is 6. The lowest BCUT2D eigenvalue weighted by atomic mass is 10.2. The molecule has 0 aliphatic heterocycles. The Morgan fingerprint density at radius 3 is 2.29 bits per heavy atom. The molecule has 1 aliphatic rings. The van der Waals surface area contributed by atoms with Crippen molar-refractivity contribution in [3.8, 4) is 0 Å². The summed E-state index contributed by atoms with van der Waals surface area (Å²) < 4.78 is 0. The van der Waals surface area contributed by atoms with Crippen molar-refractivity contribution in [2.45, 2.75) is 18.9 Å². The molecule has 4 rings (SSSR count). The smallest absolute Gasteiger partial charge is 0.265 e. The highest BCUT2D eigenvalue weighted by Gasteiger charge is 2.25. The summed E-state index contributed by atoms with van der Waals surface area (Å²) in [7, 11) is 0. The fourth-order valence-corrected chi connectivity index (χ4v) is 3.95. The Morgan fingerprint density at radius 2 is 1.61 bits per heavy atom. The van der Waals surface area contributed by atoms with Gasteiger partial charge in [-0.25, -0.2) is 0 Å². The van der Waals surface area contributed by atoms with Crippen molar-refractivity contribution in [1.82, 2.24) is 5.32 Å². The minimum absolute atomic E-state index is 0.161. The molecule has 2 aromatic heterocycles. The van der Waals surface area contributed by atoms with Crippen molar-refractivity contribution < 1.29 is 14.4 Å². The number of anilines is 2. The number of benzene rings is 1. The Morgan fingerprint density at radius 1 is 0.821 bits per heavy atom. The molecular formula is C20H17N3O3S2. The number of thiophene rings is 2. The van der Waals surface area contributed by atoms with Gasteiger partial charge in [0.2, 0.25) is 0 Å². The maximum Gasteiger partial charge on any atom is 0.265 e. The first-order valence-electron chi connectivity index (χ1n) is 8.75. The number of nitrogens with one attached hydrogen (secondary N) is 3. The average molecular weight is 412 g/mol. The van der Waals surface area contributed by atoms with Crippen molar-refractivity contribution in [1.29, 1.82) is 0 Å². The molecule has 142 valence electrons. The number of carbonyl (C=O) groups is 3. The number of carbonyl (C=O) groups excluding carboxylic acids is 3. The van der Waals surface area contributed by atoms with Crippen LogP contribution < -0.4 is 16.0 Å². The van der Waals surface area contributed by atoms with Crippen LogP contribution in [0.4, 0.5) is 10.7 Å². The second-order valence-corrected chi connectivity index (χ2v) is 8.24. The molecule has 3 amide bonds. The van der Waals surface area contributed by atoms with Crippen LogP contribution in [0.5, 0.6) is 0 Å². The maximum atomic E-state index is 12.5. The zero-order chi connectivity index (χ0) is 19.5. The van der Waals surface area contributed by atoms with Crippen LogP contribution in [0.25, 0.3) is 0 Å². The lowest BCUT2D eigenvalue weighted by molar-refractivity contribution is 0.0951. The normalized spacial score (nSPS) is 13.0. The van der Waals surface area contributed by atoms with Crippen LogP contribution in [0.15, 0.2) is 53.2 Å². The van der Waals surface area contributed by atoms with Crippen LogP contribution in [-0.2, 0) is 0 Å². The van der Waals surface area contributed by atoms with Crippen LogP contribution >= 0.6 is 22.7 Å². The standard InChI is InChI=1S/C20H17N3O3S2/c24-17(23-20-15(9-11-28-20)18(25)21-14-7-8-14)12-3-5-13(6-4-12)22-19(26)16-2-1-10-27-16/h1-6,9-11,14H,7-8H2,(H,21,25)(H,22,26)(H,23,24). The van der Waals surface area contributed by atoms with Crippen LogP contribution in [0.1, 0.15) is 43.2 Å². The van der Waals surface area contributed by atoms with Crippen molar-refractivity contribution in [3.63, 3.8) is 0 Å². The van der Waals surface area contributed by atoms with E-state index in [1.54, 1.807) is 41.8 Å². The van der Waals surface area contributed by atoms with Crippen LogP contribution in [0.2, 0.25) is 0 Å². The lowest BCUT2D eigenvalue weighted by Crippen LogP contribution is -2.26. The first-order valence-corrected chi connectivity index (χ1v) is 10.5. The van der Waals surface area contributed by atoms with Crippen LogP contribution in [0.3, 0.4) is 0 Å². The number of hydrogen-bond acceptors (Lipinski definition) is 5. The monoisotopic (exact) mass is 411 g/mol.